The number of phenolic OH excluding ortho intramolecular Hbond substituents is 1. The molecule has 1 aromatic heterocycles. The normalized spacial score (nSPS) is 10.8. The van der Waals surface area contributed by atoms with Crippen molar-refractivity contribution in [3.63, 3.8) is 0 Å². The van der Waals surface area contributed by atoms with Gasteiger partial charge in [-0.15, -0.1) is 0 Å². The molecule has 10 heteroatoms. The number of nitrogens with zero attached hydrogens (tertiary/aromatic N) is 3. The second-order valence-corrected chi connectivity index (χ2v) is 5.80. The van der Waals surface area contributed by atoms with Gasteiger partial charge in [0.1, 0.15) is 5.69 Å². The van der Waals surface area contributed by atoms with Gasteiger partial charge in [0.25, 0.3) is 11.6 Å². The van der Waals surface area contributed by atoms with Crippen LogP contribution < -0.4 is 10.2 Å². The van der Waals surface area contributed by atoms with Gasteiger partial charge in [0.05, 0.1) is 23.4 Å². The van der Waals surface area contributed by atoms with Crippen LogP contribution in [0.2, 0.25) is 0 Å². The van der Waals surface area contributed by atoms with Crippen LogP contribution in [-0.2, 0) is 0 Å². The number of aromatic nitrogens is 2. The summed E-state index contributed by atoms with van der Waals surface area (Å²) in [5, 5.41) is 31.4. The number of benzene rings is 2. The number of carbonyl (C=O) groups is 1. The average Bonchev–Trinajstić information content (AvgIpc) is 3.21. The van der Waals surface area contributed by atoms with E-state index in [1.54, 1.807) is 31.2 Å². The number of rotatable bonds is 7. The van der Waals surface area contributed by atoms with Gasteiger partial charge in [-0.2, -0.15) is 10.2 Å². The molecule has 0 aliphatic carbocycles. The first-order valence-electron chi connectivity index (χ1n) is 8.58. The minimum Gasteiger partial charge on any atom is -0.504 e. The van der Waals surface area contributed by atoms with Crippen LogP contribution in [0.15, 0.2) is 53.6 Å². The zero-order chi connectivity index (χ0) is 20.8. The largest absolute Gasteiger partial charge is 0.504 e. The van der Waals surface area contributed by atoms with E-state index in [4.69, 9.17) is 4.74 Å². The Hall–Kier alpha value is -4.21. The van der Waals surface area contributed by atoms with Gasteiger partial charge in [0.15, 0.2) is 11.5 Å². The number of hydrogen-bond acceptors (Lipinski definition) is 7. The van der Waals surface area contributed by atoms with Crippen molar-refractivity contribution in [2.75, 3.05) is 6.61 Å². The monoisotopic (exact) mass is 395 g/mol. The molecule has 0 saturated heterocycles. The summed E-state index contributed by atoms with van der Waals surface area (Å²) in [4.78, 5) is 22.6. The average molecular weight is 395 g/mol. The number of nitro groups is 1. The summed E-state index contributed by atoms with van der Waals surface area (Å²) in [5.41, 5.74) is 3.62. The molecular weight excluding hydrogens is 378 g/mol. The number of para-hydroxylation sites is 1. The first kappa shape index (κ1) is 19.5. The SMILES string of the molecule is CCOc1cccc(C=NNC(=O)c2cc(-c3cccc([N+](=O)[O-])c3)n[nH]2)c1O. The number of carbonyl (C=O) groups excluding carboxylic acids is 1. The molecule has 1 amide bonds. The Kier molecular flexibility index (Phi) is 5.83. The van der Waals surface area contributed by atoms with Crippen molar-refractivity contribution >= 4 is 17.8 Å². The third kappa shape index (κ3) is 4.56. The van der Waals surface area contributed by atoms with Crippen molar-refractivity contribution in [3.8, 4) is 22.8 Å². The van der Waals surface area contributed by atoms with E-state index < -0.39 is 10.8 Å². The molecule has 0 aliphatic rings. The third-order valence-corrected chi connectivity index (χ3v) is 3.88. The van der Waals surface area contributed by atoms with Crippen LogP contribution in [-0.4, -0.2) is 39.0 Å². The number of ether oxygens (including phenoxy) is 1. The van der Waals surface area contributed by atoms with Crippen molar-refractivity contribution in [2.24, 2.45) is 5.10 Å². The molecular formula is C19H17N5O5. The summed E-state index contributed by atoms with van der Waals surface area (Å²) in [6.07, 6.45) is 1.29. The Labute approximate surface area is 165 Å². The highest BCUT2D eigenvalue weighted by atomic mass is 16.6. The van der Waals surface area contributed by atoms with E-state index in [1.165, 1.54) is 30.5 Å². The third-order valence-electron chi connectivity index (χ3n) is 3.88. The van der Waals surface area contributed by atoms with Crippen molar-refractivity contribution < 1.29 is 19.6 Å². The first-order chi connectivity index (χ1) is 14.0. The van der Waals surface area contributed by atoms with Gasteiger partial charge < -0.3 is 9.84 Å². The summed E-state index contributed by atoms with van der Waals surface area (Å²) >= 11 is 0. The fourth-order valence-corrected chi connectivity index (χ4v) is 2.50. The Bertz CT molecular complexity index is 1080. The number of aromatic amines is 1. The molecule has 0 spiro atoms. The molecule has 10 nitrogen and oxygen atoms in total. The number of phenols is 1. The van der Waals surface area contributed by atoms with E-state index >= 15 is 0 Å². The van der Waals surface area contributed by atoms with E-state index in [-0.39, 0.29) is 17.1 Å². The van der Waals surface area contributed by atoms with Gasteiger partial charge in [-0.3, -0.25) is 20.0 Å². The molecule has 3 rings (SSSR count). The zero-order valence-electron chi connectivity index (χ0n) is 15.3. The number of hydrazone groups is 1. The molecule has 29 heavy (non-hydrogen) atoms. The molecule has 3 aromatic rings. The second kappa shape index (κ2) is 8.65. The maximum atomic E-state index is 12.2. The molecule has 3 N–H and O–H groups in total. The number of nitrogens with one attached hydrogen (secondary N) is 2. The van der Waals surface area contributed by atoms with Crippen LogP contribution >= 0.6 is 0 Å². The summed E-state index contributed by atoms with van der Waals surface area (Å²) in [6, 6.07) is 12.3. The smallest absolute Gasteiger partial charge is 0.289 e. The molecule has 0 bridgehead atoms. The van der Waals surface area contributed by atoms with Gasteiger partial charge in [0.2, 0.25) is 0 Å². The number of non-ortho nitro benzene ring substituents is 1. The van der Waals surface area contributed by atoms with Crippen LogP contribution in [0, 0.1) is 10.1 Å². The number of H-pyrrole nitrogens is 1. The minimum absolute atomic E-state index is 0.0739. The van der Waals surface area contributed by atoms with Crippen molar-refractivity contribution in [2.45, 2.75) is 6.92 Å². The number of hydrogen-bond donors (Lipinski definition) is 3. The molecule has 148 valence electrons. The molecule has 0 fully saturated rings. The Morgan fingerprint density at radius 1 is 1.34 bits per heavy atom. The molecule has 1 heterocycles. The Morgan fingerprint density at radius 3 is 2.90 bits per heavy atom. The lowest BCUT2D eigenvalue weighted by Gasteiger charge is -2.07. The Morgan fingerprint density at radius 2 is 2.14 bits per heavy atom. The standard InChI is InChI=1S/C19H17N5O5/c1-2-29-17-8-4-6-13(18(17)25)11-20-23-19(26)16-10-15(21-22-16)12-5-3-7-14(9-12)24(27)28/h3-11,25H,2H2,1H3,(H,21,22)(H,23,26). The highest BCUT2D eigenvalue weighted by Crippen LogP contribution is 2.28. The van der Waals surface area contributed by atoms with Crippen molar-refractivity contribution in [1.82, 2.24) is 15.6 Å². The molecule has 0 radical (unpaired) electrons. The summed E-state index contributed by atoms with van der Waals surface area (Å²) in [5.74, 6) is -0.328. The highest BCUT2D eigenvalue weighted by molar-refractivity contribution is 5.94. The molecule has 0 aliphatic heterocycles. The van der Waals surface area contributed by atoms with Crippen LogP contribution in [0.4, 0.5) is 5.69 Å². The maximum absolute atomic E-state index is 12.2. The number of aromatic hydroxyl groups is 1. The lowest BCUT2D eigenvalue weighted by atomic mass is 10.1. The van der Waals surface area contributed by atoms with Gasteiger partial charge in [-0.25, -0.2) is 5.43 Å². The molecule has 0 atom stereocenters. The van der Waals surface area contributed by atoms with Gasteiger partial charge in [-0.05, 0) is 25.1 Å². The Balaban J connectivity index is 1.70. The molecule has 2 aromatic carbocycles. The maximum Gasteiger partial charge on any atom is 0.289 e. The van der Waals surface area contributed by atoms with E-state index in [2.05, 4.69) is 20.7 Å². The summed E-state index contributed by atoms with van der Waals surface area (Å²) in [7, 11) is 0. The van der Waals surface area contributed by atoms with E-state index in [9.17, 15) is 20.0 Å². The van der Waals surface area contributed by atoms with Crippen LogP contribution in [0.25, 0.3) is 11.3 Å². The minimum atomic E-state index is -0.564. The lowest BCUT2D eigenvalue weighted by molar-refractivity contribution is -0.384. The van der Waals surface area contributed by atoms with Crippen molar-refractivity contribution in [1.29, 1.82) is 0 Å². The number of amides is 1. The highest BCUT2D eigenvalue weighted by Gasteiger charge is 2.13. The predicted octanol–water partition coefficient (Wildman–Crippen LogP) is 2.85. The predicted molar refractivity (Wildman–Crippen MR) is 105 cm³/mol. The fourth-order valence-electron chi connectivity index (χ4n) is 2.50. The fraction of sp³-hybridized carbons (Fsp3) is 0.105. The summed E-state index contributed by atoms with van der Waals surface area (Å²) in [6.45, 7) is 2.20. The molecule has 0 saturated carbocycles. The van der Waals surface area contributed by atoms with E-state index in [1.807, 2.05) is 0 Å². The van der Waals surface area contributed by atoms with Gasteiger partial charge >= 0.3 is 0 Å². The number of nitro benzene ring substituents is 1. The topological polar surface area (TPSA) is 143 Å². The van der Waals surface area contributed by atoms with Crippen molar-refractivity contribution in [3.05, 3.63) is 69.9 Å². The lowest BCUT2D eigenvalue weighted by Crippen LogP contribution is -2.18. The van der Waals surface area contributed by atoms with Gasteiger partial charge in [0, 0.05) is 23.3 Å². The van der Waals surface area contributed by atoms with Crippen LogP contribution in [0.3, 0.4) is 0 Å². The quantitative estimate of drug-likeness (QED) is 0.319. The van der Waals surface area contributed by atoms with E-state index in [0.717, 1.165) is 0 Å². The van der Waals surface area contributed by atoms with Crippen LogP contribution in [0.1, 0.15) is 23.0 Å². The summed E-state index contributed by atoms with van der Waals surface area (Å²) < 4.78 is 5.29. The second-order valence-electron chi connectivity index (χ2n) is 5.80. The van der Waals surface area contributed by atoms with E-state index in [0.29, 0.717) is 29.2 Å². The first-order valence-corrected chi connectivity index (χ1v) is 8.58. The van der Waals surface area contributed by atoms with Gasteiger partial charge in [-0.1, -0.05) is 18.2 Å². The van der Waals surface area contributed by atoms with Crippen LogP contribution in [0.5, 0.6) is 11.5 Å². The molecule has 0 unspecified atom stereocenters. The zero-order valence-corrected chi connectivity index (χ0v) is 15.3.